The molecule has 5 nitrogen and oxygen atoms in total. The fourth-order valence-electron chi connectivity index (χ4n) is 2.55. The molecule has 0 saturated carbocycles. The summed E-state index contributed by atoms with van der Waals surface area (Å²) in [4.78, 5) is 36.6. The van der Waals surface area contributed by atoms with Gasteiger partial charge < -0.3 is 10.1 Å². The first kappa shape index (κ1) is 20.1. The molecule has 2 aromatic carbocycles. The third-order valence-electron chi connectivity index (χ3n) is 3.95. The van der Waals surface area contributed by atoms with E-state index in [1.54, 1.807) is 18.2 Å². The van der Waals surface area contributed by atoms with E-state index < -0.39 is 18.0 Å². The summed E-state index contributed by atoms with van der Waals surface area (Å²) >= 11 is 0. The van der Waals surface area contributed by atoms with E-state index >= 15 is 0 Å². The van der Waals surface area contributed by atoms with Gasteiger partial charge in [-0.15, -0.1) is 0 Å². The van der Waals surface area contributed by atoms with Gasteiger partial charge in [-0.25, -0.2) is 4.79 Å². The topological polar surface area (TPSA) is 72.5 Å². The molecule has 0 aromatic heterocycles. The molecule has 1 N–H and O–H groups in total. The lowest BCUT2D eigenvalue weighted by Gasteiger charge is -2.16. The zero-order valence-electron chi connectivity index (χ0n) is 15.9. The van der Waals surface area contributed by atoms with Gasteiger partial charge in [-0.3, -0.25) is 9.59 Å². The molecular weight excluding hydrogens is 342 g/mol. The van der Waals surface area contributed by atoms with Gasteiger partial charge in [0.25, 0.3) is 0 Å². The van der Waals surface area contributed by atoms with E-state index in [0.29, 0.717) is 5.56 Å². The molecule has 1 atom stereocenters. The van der Waals surface area contributed by atoms with Crippen molar-refractivity contribution in [3.05, 3.63) is 76.5 Å². The van der Waals surface area contributed by atoms with Crippen LogP contribution in [0.1, 0.15) is 40.9 Å². The maximum Gasteiger partial charge on any atom is 0.355 e. The molecule has 140 valence electrons. The van der Waals surface area contributed by atoms with E-state index in [0.717, 1.165) is 16.7 Å². The Kier molecular flexibility index (Phi) is 6.66. The standard InChI is InChI=1S/C22H23NO4/c1-14-10-11-15(2)19(12-14)21(25)16(3)27-22(26)20(23-17(4)24)13-18-8-6-5-7-9-18/h5-13,16H,1-4H3,(H,23,24)/b20-13-/t16-/m0/s1. The van der Waals surface area contributed by atoms with Gasteiger partial charge in [-0.1, -0.05) is 48.0 Å². The lowest BCUT2D eigenvalue weighted by Crippen LogP contribution is -2.31. The molecule has 2 rings (SSSR count). The second kappa shape index (κ2) is 8.94. The largest absolute Gasteiger partial charge is 0.450 e. The molecule has 0 fully saturated rings. The number of aryl methyl sites for hydroxylation is 2. The van der Waals surface area contributed by atoms with Crippen LogP contribution in [0.25, 0.3) is 6.08 Å². The highest BCUT2D eigenvalue weighted by molar-refractivity contribution is 6.03. The highest BCUT2D eigenvalue weighted by Gasteiger charge is 2.23. The molecule has 0 spiro atoms. The molecule has 0 aliphatic carbocycles. The first-order chi connectivity index (χ1) is 12.8. The molecule has 27 heavy (non-hydrogen) atoms. The van der Waals surface area contributed by atoms with Gasteiger partial charge in [0.2, 0.25) is 11.7 Å². The Labute approximate surface area is 159 Å². The van der Waals surface area contributed by atoms with Crippen molar-refractivity contribution in [2.45, 2.75) is 33.8 Å². The van der Waals surface area contributed by atoms with Gasteiger partial charge >= 0.3 is 5.97 Å². The number of amides is 1. The van der Waals surface area contributed by atoms with E-state index in [4.69, 9.17) is 4.74 Å². The van der Waals surface area contributed by atoms with Crippen LogP contribution in [0.15, 0.2) is 54.2 Å². The van der Waals surface area contributed by atoms with Crippen molar-refractivity contribution < 1.29 is 19.1 Å². The van der Waals surface area contributed by atoms with E-state index in [1.165, 1.54) is 19.9 Å². The average molecular weight is 365 g/mol. The van der Waals surface area contributed by atoms with Crippen molar-refractivity contribution in [2.75, 3.05) is 0 Å². The monoisotopic (exact) mass is 365 g/mol. The summed E-state index contributed by atoms with van der Waals surface area (Å²) in [7, 11) is 0. The Balaban J connectivity index is 2.21. The third-order valence-corrected chi connectivity index (χ3v) is 3.95. The van der Waals surface area contributed by atoms with E-state index in [1.807, 2.05) is 44.2 Å². The van der Waals surface area contributed by atoms with Crippen LogP contribution in [0.4, 0.5) is 0 Å². The lowest BCUT2D eigenvalue weighted by molar-refractivity contribution is -0.142. The molecule has 0 heterocycles. The third kappa shape index (κ3) is 5.64. The minimum Gasteiger partial charge on any atom is -0.450 e. The first-order valence-electron chi connectivity index (χ1n) is 8.64. The summed E-state index contributed by atoms with van der Waals surface area (Å²) in [5, 5.41) is 2.47. The fraction of sp³-hybridized carbons (Fsp3) is 0.227. The zero-order chi connectivity index (χ0) is 20.0. The molecule has 5 heteroatoms. The van der Waals surface area contributed by atoms with Crippen molar-refractivity contribution in [1.29, 1.82) is 0 Å². The van der Waals surface area contributed by atoms with Crippen molar-refractivity contribution >= 4 is 23.7 Å². The molecule has 0 unspecified atom stereocenters. The molecule has 2 aromatic rings. The quantitative estimate of drug-likeness (QED) is 0.482. The fourth-order valence-corrected chi connectivity index (χ4v) is 2.55. The Hall–Kier alpha value is -3.21. The average Bonchev–Trinajstić information content (AvgIpc) is 2.63. The molecule has 0 radical (unpaired) electrons. The molecule has 1 amide bonds. The second-order valence-corrected chi connectivity index (χ2v) is 6.38. The van der Waals surface area contributed by atoms with Crippen molar-refractivity contribution in [3.63, 3.8) is 0 Å². The van der Waals surface area contributed by atoms with E-state index in [9.17, 15) is 14.4 Å². The van der Waals surface area contributed by atoms with Crippen molar-refractivity contribution in [2.24, 2.45) is 0 Å². The maximum atomic E-state index is 12.7. The highest BCUT2D eigenvalue weighted by Crippen LogP contribution is 2.15. The molecule has 0 bridgehead atoms. The molecule has 0 aliphatic heterocycles. The number of nitrogens with one attached hydrogen (secondary N) is 1. The Morgan fingerprint density at radius 1 is 1.04 bits per heavy atom. The highest BCUT2D eigenvalue weighted by atomic mass is 16.5. The van der Waals surface area contributed by atoms with Crippen LogP contribution in [0.3, 0.4) is 0 Å². The number of hydrogen-bond donors (Lipinski definition) is 1. The number of rotatable bonds is 6. The van der Waals surface area contributed by atoms with Gasteiger partial charge in [-0.2, -0.15) is 0 Å². The minimum atomic E-state index is -0.981. The van der Waals surface area contributed by atoms with Gasteiger partial charge in [-0.05, 0) is 44.0 Å². The second-order valence-electron chi connectivity index (χ2n) is 6.38. The van der Waals surface area contributed by atoms with Gasteiger partial charge in [0.1, 0.15) is 5.70 Å². The van der Waals surface area contributed by atoms with Crippen molar-refractivity contribution in [1.82, 2.24) is 5.32 Å². The summed E-state index contributed by atoms with van der Waals surface area (Å²) in [6, 6.07) is 14.6. The molecular formula is C22H23NO4. The van der Waals surface area contributed by atoms with Crippen LogP contribution in [0.2, 0.25) is 0 Å². The SMILES string of the molecule is CC(=O)N/C(=C\c1ccccc1)C(=O)O[C@@H](C)C(=O)c1cc(C)ccc1C. The predicted octanol–water partition coefficient (Wildman–Crippen LogP) is 3.60. The Morgan fingerprint density at radius 2 is 1.70 bits per heavy atom. The van der Waals surface area contributed by atoms with Crippen LogP contribution in [-0.4, -0.2) is 23.8 Å². The van der Waals surface area contributed by atoms with Gasteiger partial charge in [0.05, 0.1) is 0 Å². The predicted molar refractivity (Wildman–Crippen MR) is 104 cm³/mol. The van der Waals surface area contributed by atoms with Crippen LogP contribution >= 0.6 is 0 Å². The number of hydrogen-bond acceptors (Lipinski definition) is 4. The normalized spacial score (nSPS) is 12.2. The summed E-state index contributed by atoms with van der Waals surface area (Å²) < 4.78 is 5.33. The molecule has 0 saturated heterocycles. The number of carbonyl (C=O) groups is 3. The number of ketones is 1. The Bertz CT molecular complexity index is 884. The summed E-state index contributed by atoms with van der Waals surface area (Å²) in [6.45, 7) is 6.55. The van der Waals surface area contributed by atoms with E-state index in [-0.39, 0.29) is 11.5 Å². The summed E-state index contributed by atoms with van der Waals surface area (Å²) in [6.07, 6.45) is 0.532. The van der Waals surface area contributed by atoms with Gasteiger partial charge in [0, 0.05) is 12.5 Å². The Morgan fingerprint density at radius 3 is 2.33 bits per heavy atom. The number of carbonyl (C=O) groups excluding carboxylic acids is 3. The number of esters is 1. The van der Waals surface area contributed by atoms with Gasteiger partial charge in [0.15, 0.2) is 6.10 Å². The van der Waals surface area contributed by atoms with Crippen LogP contribution in [0, 0.1) is 13.8 Å². The number of benzene rings is 2. The van der Waals surface area contributed by atoms with E-state index in [2.05, 4.69) is 5.32 Å². The number of ether oxygens (including phenoxy) is 1. The number of Topliss-reactive ketones (excluding diaryl/α,β-unsaturated/α-hetero) is 1. The maximum absolute atomic E-state index is 12.7. The van der Waals surface area contributed by atoms with Crippen LogP contribution in [-0.2, 0) is 14.3 Å². The first-order valence-corrected chi connectivity index (χ1v) is 8.64. The summed E-state index contributed by atoms with van der Waals surface area (Å²) in [5.74, 6) is -1.45. The zero-order valence-corrected chi connectivity index (χ0v) is 15.9. The lowest BCUT2D eigenvalue weighted by atomic mass is 9.99. The van der Waals surface area contributed by atoms with Crippen molar-refractivity contribution in [3.8, 4) is 0 Å². The minimum absolute atomic E-state index is 0.0192. The van der Waals surface area contributed by atoms with Crippen LogP contribution < -0.4 is 5.32 Å². The summed E-state index contributed by atoms with van der Waals surface area (Å²) in [5.41, 5.74) is 2.99. The smallest absolute Gasteiger partial charge is 0.355 e. The molecule has 0 aliphatic rings. The van der Waals surface area contributed by atoms with Crippen LogP contribution in [0.5, 0.6) is 0 Å².